The third kappa shape index (κ3) is 5.23. The zero-order valence-corrected chi connectivity index (χ0v) is 13.4. The molecule has 1 aliphatic rings. The molecule has 1 aromatic rings. The van der Waals surface area contributed by atoms with Crippen molar-refractivity contribution in [3.05, 3.63) is 35.1 Å². The molecule has 0 heterocycles. The fourth-order valence-electron chi connectivity index (χ4n) is 2.71. The summed E-state index contributed by atoms with van der Waals surface area (Å²) in [6, 6.07) is 5.34. The van der Waals surface area contributed by atoms with E-state index >= 15 is 0 Å². The number of thioether (sulfide) groups is 1. The monoisotopic (exact) mass is 309 g/mol. The summed E-state index contributed by atoms with van der Waals surface area (Å²) in [4.78, 5) is 4.41. The highest BCUT2D eigenvalue weighted by molar-refractivity contribution is 7.97. The fourth-order valence-corrected chi connectivity index (χ4v) is 3.29. The maximum Gasteiger partial charge on any atom is 0.189 e. The van der Waals surface area contributed by atoms with Crippen molar-refractivity contribution in [1.82, 2.24) is 5.32 Å². The van der Waals surface area contributed by atoms with Crippen molar-refractivity contribution in [1.29, 1.82) is 0 Å². The zero-order valence-electron chi connectivity index (χ0n) is 12.6. The van der Waals surface area contributed by atoms with Gasteiger partial charge in [0.25, 0.3) is 0 Å². The first-order valence-electron chi connectivity index (χ1n) is 7.51. The molecule has 116 valence electrons. The second kappa shape index (κ2) is 8.27. The molecular formula is C16H24FN3S. The van der Waals surface area contributed by atoms with Gasteiger partial charge in [-0.2, -0.15) is 11.8 Å². The number of aliphatic imine (C=N–C) groups is 1. The Morgan fingerprint density at radius 1 is 1.33 bits per heavy atom. The Morgan fingerprint density at radius 3 is 2.81 bits per heavy atom. The minimum atomic E-state index is -0.194. The van der Waals surface area contributed by atoms with Crippen LogP contribution in [0.2, 0.25) is 0 Å². The van der Waals surface area contributed by atoms with Gasteiger partial charge in [-0.05, 0) is 42.4 Å². The van der Waals surface area contributed by atoms with Gasteiger partial charge in [-0.25, -0.2) is 9.38 Å². The summed E-state index contributed by atoms with van der Waals surface area (Å²) >= 11 is 1.68. The molecule has 0 bridgehead atoms. The van der Waals surface area contributed by atoms with E-state index in [-0.39, 0.29) is 5.82 Å². The first-order valence-corrected chi connectivity index (χ1v) is 8.91. The van der Waals surface area contributed by atoms with Crippen LogP contribution in [0.4, 0.5) is 4.39 Å². The number of benzene rings is 1. The summed E-state index contributed by atoms with van der Waals surface area (Å²) in [7, 11) is 0. The Bertz CT molecular complexity index is 484. The quantitative estimate of drug-likeness (QED) is 0.647. The molecule has 0 saturated heterocycles. The zero-order chi connectivity index (χ0) is 15.1. The maximum absolute atomic E-state index is 13.3. The molecule has 0 radical (unpaired) electrons. The second-order valence-electron chi connectivity index (χ2n) is 5.53. The van der Waals surface area contributed by atoms with Crippen LogP contribution in [0, 0.1) is 5.82 Å². The van der Waals surface area contributed by atoms with Crippen LogP contribution in [0.1, 0.15) is 43.2 Å². The summed E-state index contributed by atoms with van der Waals surface area (Å²) in [6.45, 7) is 0.502. The van der Waals surface area contributed by atoms with Crippen molar-refractivity contribution in [3.8, 4) is 0 Å². The third-order valence-corrected chi connectivity index (χ3v) is 4.44. The summed E-state index contributed by atoms with van der Waals surface area (Å²) in [5.41, 5.74) is 8.00. The maximum atomic E-state index is 13.3. The van der Waals surface area contributed by atoms with Gasteiger partial charge in [0.2, 0.25) is 0 Å². The number of nitrogens with one attached hydrogen (secondary N) is 1. The van der Waals surface area contributed by atoms with E-state index in [2.05, 4.69) is 10.3 Å². The van der Waals surface area contributed by atoms with Gasteiger partial charge in [-0.1, -0.05) is 25.3 Å². The van der Waals surface area contributed by atoms with Crippen LogP contribution in [-0.2, 0) is 12.3 Å². The normalized spacial score (nSPS) is 17.0. The summed E-state index contributed by atoms with van der Waals surface area (Å²) < 4.78 is 13.3. The number of nitrogens with zero attached hydrogens (tertiary/aromatic N) is 1. The molecule has 0 aliphatic heterocycles. The molecule has 1 aromatic carbocycles. The Labute approximate surface area is 130 Å². The molecule has 1 fully saturated rings. The van der Waals surface area contributed by atoms with E-state index in [0.717, 1.165) is 16.9 Å². The van der Waals surface area contributed by atoms with E-state index in [1.165, 1.54) is 38.2 Å². The highest BCUT2D eigenvalue weighted by Gasteiger charge is 2.13. The molecule has 0 spiro atoms. The number of halogens is 1. The lowest BCUT2D eigenvalue weighted by Gasteiger charge is -2.23. The number of nitrogens with two attached hydrogens (primary N) is 1. The first kappa shape index (κ1) is 16.1. The van der Waals surface area contributed by atoms with E-state index in [1.54, 1.807) is 23.9 Å². The first-order chi connectivity index (χ1) is 10.2. The van der Waals surface area contributed by atoms with E-state index < -0.39 is 0 Å². The highest BCUT2D eigenvalue weighted by Crippen LogP contribution is 2.18. The SMILES string of the molecule is CSCc1cc(F)ccc1CN=C(N)NC1CCCCC1. The Morgan fingerprint density at radius 2 is 2.10 bits per heavy atom. The molecule has 1 saturated carbocycles. The van der Waals surface area contributed by atoms with Gasteiger partial charge in [0.15, 0.2) is 5.96 Å². The van der Waals surface area contributed by atoms with E-state index in [4.69, 9.17) is 5.73 Å². The lowest BCUT2D eigenvalue weighted by atomic mass is 9.96. The van der Waals surface area contributed by atoms with Crippen LogP contribution in [-0.4, -0.2) is 18.3 Å². The molecule has 5 heteroatoms. The van der Waals surface area contributed by atoms with E-state index in [0.29, 0.717) is 18.5 Å². The number of guanidine groups is 1. The molecule has 21 heavy (non-hydrogen) atoms. The van der Waals surface area contributed by atoms with E-state index in [1.807, 2.05) is 6.26 Å². The molecule has 0 amide bonds. The third-order valence-electron chi connectivity index (χ3n) is 3.85. The summed E-state index contributed by atoms with van der Waals surface area (Å²) in [5.74, 6) is 1.10. The van der Waals surface area contributed by atoms with Crippen LogP contribution < -0.4 is 11.1 Å². The molecular weight excluding hydrogens is 285 g/mol. The average Bonchev–Trinajstić information content (AvgIpc) is 2.48. The minimum absolute atomic E-state index is 0.194. The fraction of sp³-hybridized carbons (Fsp3) is 0.562. The molecule has 3 nitrogen and oxygen atoms in total. The van der Waals surface area contributed by atoms with Crippen molar-refractivity contribution < 1.29 is 4.39 Å². The van der Waals surface area contributed by atoms with Crippen LogP contribution in [0.25, 0.3) is 0 Å². The van der Waals surface area contributed by atoms with Crippen molar-refractivity contribution in [2.24, 2.45) is 10.7 Å². The lowest BCUT2D eigenvalue weighted by Crippen LogP contribution is -2.41. The smallest absolute Gasteiger partial charge is 0.189 e. The minimum Gasteiger partial charge on any atom is -0.370 e. The van der Waals surface area contributed by atoms with Crippen LogP contribution in [0.5, 0.6) is 0 Å². The highest BCUT2D eigenvalue weighted by atomic mass is 32.2. The average molecular weight is 309 g/mol. The standard InChI is InChI=1S/C16H24FN3S/c1-21-11-13-9-14(17)8-7-12(13)10-19-16(18)20-15-5-3-2-4-6-15/h7-9,15H,2-6,10-11H2,1H3,(H3,18,19,20). The predicted octanol–water partition coefficient (Wildman–Crippen LogP) is 3.43. The topological polar surface area (TPSA) is 50.4 Å². The molecule has 0 atom stereocenters. The Hall–Kier alpha value is -1.23. The van der Waals surface area contributed by atoms with Gasteiger partial charge in [0.1, 0.15) is 5.82 Å². The lowest BCUT2D eigenvalue weighted by molar-refractivity contribution is 0.412. The van der Waals surface area contributed by atoms with Crippen LogP contribution in [0.15, 0.2) is 23.2 Å². The second-order valence-corrected chi connectivity index (χ2v) is 6.39. The summed E-state index contributed by atoms with van der Waals surface area (Å²) in [5, 5.41) is 3.30. The van der Waals surface area contributed by atoms with Gasteiger partial charge in [-0.3, -0.25) is 0 Å². The van der Waals surface area contributed by atoms with Crippen molar-refractivity contribution >= 4 is 17.7 Å². The summed E-state index contributed by atoms with van der Waals surface area (Å²) in [6.07, 6.45) is 8.20. The largest absolute Gasteiger partial charge is 0.370 e. The van der Waals surface area contributed by atoms with Crippen molar-refractivity contribution in [2.75, 3.05) is 6.26 Å². The van der Waals surface area contributed by atoms with Crippen molar-refractivity contribution in [2.45, 2.75) is 50.4 Å². The van der Waals surface area contributed by atoms with Gasteiger partial charge >= 0.3 is 0 Å². The van der Waals surface area contributed by atoms with Gasteiger partial charge in [-0.15, -0.1) is 0 Å². The molecule has 0 unspecified atom stereocenters. The number of hydrogen-bond donors (Lipinski definition) is 2. The van der Waals surface area contributed by atoms with Crippen molar-refractivity contribution in [3.63, 3.8) is 0 Å². The predicted molar refractivity (Wildman–Crippen MR) is 89.0 cm³/mol. The van der Waals surface area contributed by atoms with Gasteiger partial charge < -0.3 is 11.1 Å². The number of rotatable bonds is 5. The van der Waals surface area contributed by atoms with E-state index in [9.17, 15) is 4.39 Å². The van der Waals surface area contributed by atoms with Gasteiger partial charge in [0.05, 0.1) is 6.54 Å². The molecule has 3 N–H and O–H groups in total. The number of hydrogen-bond acceptors (Lipinski definition) is 2. The molecule has 0 aromatic heterocycles. The molecule has 2 rings (SSSR count). The Balaban J connectivity index is 1.95. The van der Waals surface area contributed by atoms with Crippen LogP contribution in [0.3, 0.4) is 0 Å². The van der Waals surface area contributed by atoms with Gasteiger partial charge in [0, 0.05) is 11.8 Å². The van der Waals surface area contributed by atoms with Crippen LogP contribution >= 0.6 is 11.8 Å². The Kier molecular flexibility index (Phi) is 6.36. The molecule has 1 aliphatic carbocycles.